The van der Waals surface area contributed by atoms with E-state index in [-0.39, 0.29) is 36.8 Å². The summed E-state index contributed by atoms with van der Waals surface area (Å²) in [6.45, 7) is -0.646. The molecule has 1 aromatic heterocycles. The van der Waals surface area contributed by atoms with Crippen LogP contribution in [0.1, 0.15) is 24.8 Å². The van der Waals surface area contributed by atoms with Crippen molar-refractivity contribution in [3.63, 3.8) is 0 Å². The van der Waals surface area contributed by atoms with Gasteiger partial charge in [-0.3, -0.25) is 4.79 Å². The van der Waals surface area contributed by atoms with Crippen molar-refractivity contribution in [1.29, 1.82) is 0 Å². The second-order valence-corrected chi connectivity index (χ2v) is 7.30. The Labute approximate surface area is 188 Å². The summed E-state index contributed by atoms with van der Waals surface area (Å²) in [5, 5.41) is 4.54. The molecule has 0 spiro atoms. The van der Waals surface area contributed by atoms with Crippen LogP contribution in [0.25, 0.3) is 11.4 Å². The molecule has 1 amide bonds. The number of ether oxygens (including phenoxy) is 2. The number of carbonyl (C=O) groups excluding carboxylic acids is 1. The smallest absolute Gasteiger partial charge is 0.387 e. The SMILES string of the molecule is CCOc1cc(CN(C)C(=O)CCc2nc(-c3ccc(Cl)cc3)no2)ccc1OC(F)F. The second-order valence-electron chi connectivity index (χ2n) is 6.86. The highest BCUT2D eigenvalue weighted by molar-refractivity contribution is 6.30. The van der Waals surface area contributed by atoms with E-state index >= 15 is 0 Å². The Morgan fingerprint density at radius 1 is 1.19 bits per heavy atom. The highest BCUT2D eigenvalue weighted by atomic mass is 35.5. The summed E-state index contributed by atoms with van der Waals surface area (Å²) in [5.41, 5.74) is 1.48. The van der Waals surface area contributed by atoms with Gasteiger partial charge >= 0.3 is 6.61 Å². The van der Waals surface area contributed by atoms with E-state index in [4.69, 9.17) is 20.9 Å². The van der Waals surface area contributed by atoms with Gasteiger partial charge in [0.1, 0.15) is 0 Å². The Balaban J connectivity index is 1.57. The molecule has 10 heteroatoms. The molecule has 170 valence electrons. The van der Waals surface area contributed by atoms with Crippen molar-refractivity contribution < 1.29 is 27.6 Å². The van der Waals surface area contributed by atoms with Crippen LogP contribution in [0.5, 0.6) is 11.5 Å². The third-order valence-corrected chi connectivity index (χ3v) is 4.74. The van der Waals surface area contributed by atoms with E-state index in [9.17, 15) is 13.6 Å². The van der Waals surface area contributed by atoms with Crippen LogP contribution in [0.4, 0.5) is 8.78 Å². The number of aryl methyl sites for hydroxylation is 1. The van der Waals surface area contributed by atoms with Crippen LogP contribution in [0.2, 0.25) is 5.02 Å². The number of hydrogen-bond donors (Lipinski definition) is 0. The number of carbonyl (C=O) groups is 1. The molecule has 0 N–H and O–H groups in total. The summed E-state index contributed by atoms with van der Waals surface area (Å²) in [4.78, 5) is 18.4. The zero-order valence-electron chi connectivity index (χ0n) is 17.6. The molecular weight excluding hydrogens is 444 g/mol. The van der Waals surface area contributed by atoms with E-state index in [1.165, 1.54) is 11.0 Å². The van der Waals surface area contributed by atoms with E-state index in [2.05, 4.69) is 14.9 Å². The molecule has 0 unspecified atom stereocenters. The zero-order valence-corrected chi connectivity index (χ0v) is 18.3. The Morgan fingerprint density at radius 2 is 1.94 bits per heavy atom. The van der Waals surface area contributed by atoms with Gasteiger partial charge in [0.05, 0.1) is 6.61 Å². The van der Waals surface area contributed by atoms with Crippen LogP contribution in [-0.2, 0) is 17.8 Å². The highest BCUT2D eigenvalue weighted by Crippen LogP contribution is 2.30. The van der Waals surface area contributed by atoms with E-state index in [0.717, 1.165) is 5.56 Å². The standard InChI is InChI=1S/C22H22ClF2N3O4/c1-3-30-18-12-14(4-9-17(18)31-22(24)25)13-28(2)20(29)11-10-19-26-21(27-32-19)15-5-7-16(23)8-6-15/h4-9,12,22H,3,10-11,13H2,1-2H3. The van der Waals surface area contributed by atoms with Gasteiger partial charge in [-0.25, -0.2) is 0 Å². The number of halogens is 3. The molecule has 3 aromatic rings. The minimum absolute atomic E-state index is 0.0486. The van der Waals surface area contributed by atoms with Crippen LogP contribution in [0.15, 0.2) is 47.0 Å². The quantitative estimate of drug-likeness (QED) is 0.420. The van der Waals surface area contributed by atoms with Gasteiger partial charge in [0, 0.05) is 37.0 Å². The molecule has 0 fully saturated rings. The maximum atomic E-state index is 12.5. The fourth-order valence-corrected chi connectivity index (χ4v) is 3.08. The van der Waals surface area contributed by atoms with Crippen molar-refractivity contribution in [1.82, 2.24) is 15.0 Å². The average Bonchev–Trinajstić information content (AvgIpc) is 3.23. The first-order chi connectivity index (χ1) is 15.4. The summed E-state index contributed by atoms with van der Waals surface area (Å²) >= 11 is 5.88. The minimum Gasteiger partial charge on any atom is -0.490 e. The lowest BCUT2D eigenvalue weighted by atomic mass is 10.1. The monoisotopic (exact) mass is 465 g/mol. The molecule has 32 heavy (non-hydrogen) atoms. The van der Waals surface area contributed by atoms with Gasteiger partial charge in [-0.2, -0.15) is 13.8 Å². The lowest BCUT2D eigenvalue weighted by Crippen LogP contribution is -2.26. The fourth-order valence-electron chi connectivity index (χ4n) is 2.95. The van der Waals surface area contributed by atoms with E-state index in [1.54, 1.807) is 50.4 Å². The summed E-state index contributed by atoms with van der Waals surface area (Å²) < 4.78 is 40.2. The molecule has 7 nitrogen and oxygen atoms in total. The van der Waals surface area contributed by atoms with Crippen LogP contribution >= 0.6 is 11.6 Å². The third-order valence-electron chi connectivity index (χ3n) is 4.49. The molecule has 0 radical (unpaired) electrons. The molecule has 0 saturated carbocycles. The lowest BCUT2D eigenvalue weighted by molar-refractivity contribution is -0.130. The van der Waals surface area contributed by atoms with Gasteiger partial charge in [0.15, 0.2) is 11.5 Å². The van der Waals surface area contributed by atoms with Gasteiger partial charge in [0.25, 0.3) is 0 Å². The van der Waals surface area contributed by atoms with Gasteiger partial charge in [-0.1, -0.05) is 22.8 Å². The average molecular weight is 466 g/mol. The molecule has 0 aliphatic rings. The Morgan fingerprint density at radius 3 is 2.62 bits per heavy atom. The summed E-state index contributed by atoms with van der Waals surface area (Å²) in [6, 6.07) is 11.6. The van der Waals surface area contributed by atoms with Gasteiger partial charge in [0.2, 0.25) is 17.6 Å². The first kappa shape index (κ1) is 23.5. The summed E-state index contributed by atoms with van der Waals surface area (Å²) in [5.74, 6) is 0.789. The normalized spacial score (nSPS) is 10.9. The molecule has 2 aromatic carbocycles. The molecule has 0 saturated heterocycles. The Kier molecular flexibility index (Phi) is 7.99. The van der Waals surface area contributed by atoms with Crippen molar-refractivity contribution in [2.24, 2.45) is 0 Å². The minimum atomic E-state index is -2.95. The molecule has 0 bridgehead atoms. The van der Waals surface area contributed by atoms with Crippen molar-refractivity contribution in [2.75, 3.05) is 13.7 Å². The van der Waals surface area contributed by atoms with E-state index < -0.39 is 6.61 Å². The van der Waals surface area contributed by atoms with Crippen molar-refractivity contribution >= 4 is 17.5 Å². The summed E-state index contributed by atoms with van der Waals surface area (Å²) in [7, 11) is 1.65. The molecule has 0 aliphatic heterocycles. The zero-order chi connectivity index (χ0) is 23.1. The predicted octanol–water partition coefficient (Wildman–Crippen LogP) is 4.98. The summed E-state index contributed by atoms with van der Waals surface area (Å²) in [6.07, 6.45) is 0.457. The largest absolute Gasteiger partial charge is 0.490 e. The van der Waals surface area contributed by atoms with Crippen LogP contribution in [0.3, 0.4) is 0 Å². The van der Waals surface area contributed by atoms with Gasteiger partial charge in [-0.05, 0) is 48.9 Å². The van der Waals surface area contributed by atoms with Crippen molar-refractivity contribution in [3.8, 4) is 22.9 Å². The number of alkyl halides is 2. The van der Waals surface area contributed by atoms with Crippen molar-refractivity contribution in [3.05, 3.63) is 58.9 Å². The van der Waals surface area contributed by atoms with Gasteiger partial charge in [-0.15, -0.1) is 0 Å². The maximum Gasteiger partial charge on any atom is 0.387 e. The topological polar surface area (TPSA) is 77.7 Å². The molecule has 1 heterocycles. The first-order valence-electron chi connectivity index (χ1n) is 9.88. The van der Waals surface area contributed by atoms with Crippen LogP contribution in [0, 0.1) is 0 Å². The van der Waals surface area contributed by atoms with Crippen LogP contribution < -0.4 is 9.47 Å². The number of benzene rings is 2. The Hall–Kier alpha value is -3.20. The highest BCUT2D eigenvalue weighted by Gasteiger charge is 2.16. The van der Waals surface area contributed by atoms with Gasteiger partial charge < -0.3 is 18.9 Å². The predicted molar refractivity (Wildman–Crippen MR) is 114 cm³/mol. The third kappa shape index (κ3) is 6.40. The number of nitrogens with zero attached hydrogens (tertiary/aromatic N) is 3. The molecule has 0 atom stereocenters. The number of amides is 1. The fraction of sp³-hybridized carbons (Fsp3) is 0.318. The van der Waals surface area contributed by atoms with Crippen molar-refractivity contribution in [2.45, 2.75) is 32.9 Å². The number of hydrogen-bond acceptors (Lipinski definition) is 6. The van der Waals surface area contributed by atoms with Crippen LogP contribution in [-0.4, -0.2) is 41.2 Å². The maximum absolute atomic E-state index is 12.5. The first-order valence-corrected chi connectivity index (χ1v) is 10.3. The Bertz CT molecular complexity index is 1040. The second kappa shape index (κ2) is 10.9. The van der Waals surface area contributed by atoms with E-state index in [1.807, 2.05) is 0 Å². The molecular formula is C22H22ClF2N3O4. The lowest BCUT2D eigenvalue weighted by Gasteiger charge is -2.18. The number of aromatic nitrogens is 2. The molecule has 0 aliphatic carbocycles. The van der Waals surface area contributed by atoms with E-state index in [0.29, 0.717) is 28.9 Å². The molecule has 3 rings (SSSR count). The number of rotatable bonds is 10.